The van der Waals surface area contributed by atoms with Gasteiger partial charge in [-0.05, 0) is 46.2 Å². The van der Waals surface area contributed by atoms with Crippen molar-refractivity contribution in [2.24, 2.45) is 0 Å². The largest absolute Gasteiger partial charge is 0.313 e. The molecule has 0 amide bonds. The minimum absolute atomic E-state index is 0.705. The van der Waals surface area contributed by atoms with Crippen molar-refractivity contribution in [2.45, 2.75) is 45.2 Å². The lowest BCUT2D eigenvalue weighted by Crippen LogP contribution is -2.34. The lowest BCUT2D eigenvalue weighted by atomic mass is 10.1. The molecule has 17 heavy (non-hydrogen) atoms. The zero-order valence-electron chi connectivity index (χ0n) is 11.5. The lowest BCUT2D eigenvalue weighted by molar-refractivity contribution is 0.229. The quantitative estimate of drug-likeness (QED) is 0.557. The van der Waals surface area contributed by atoms with Gasteiger partial charge in [-0.15, -0.1) is 6.58 Å². The van der Waals surface area contributed by atoms with Crippen molar-refractivity contribution in [3.63, 3.8) is 0 Å². The molecular formula is C14H28N2S. The second-order valence-electron chi connectivity index (χ2n) is 5.08. The molecule has 0 aliphatic carbocycles. The topological polar surface area (TPSA) is 15.3 Å². The molecular weight excluding hydrogens is 228 g/mol. The fourth-order valence-corrected chi connectivity index (χ4v) is 2.94. The second kappa shape index (κ2) is 9.01. The zero-order valence-corrected chi connectivity index (χ0v) is 12.3. The van der Waals surface area contributed by atoms with Gasteiger partial charge < -0.3 is 10.2 Å². The molecule has 1 saturated heterocycles. The molecule has 0 aromatic carbocycles. The van der Waals surface area contributed by atoms with E-state index in [0.29, 0.717) is 6.04 Å². The Kier molecular flexibility index (Phi) is 7.99. The van der Waals surface area contributed by atoms with E-state index in [1.165, 1.54) is 38.1 Å². The predicted octanol–water partition coefficient (Wildman–Crippen LogP) is 2.76. The molecule has 1 atom stereocenters. The number of rotatable bonds is 7. The molecule has 1 fully saturated rings. The summed E-state index contributed by atoms with van der Waals surface area (Å²) in [6.07, 6.45) is 5.98. The Balaban J connectivity index is 2.11. The predicted molar refractivity (Wildman–Crippen MR) is 79.9 cm³/mol. The highest BCUT2D eigenvalue weighted by atomic mass is 32.2. The molecule has 0 bridgehead atoms. The molecule has 1 heterocycles. The normalized spacial score (nSPS) is 22.6. The molecule has 1 unspecified atom stereocenters. The van der Waals surface area contributed by atoms with Crippen LogP contribution in [0.2, 0.25) is 0 Å². The van der Waals surface area contributed by atoms with E-state index >= 15 is 0 Å². The van der Waals surface area contributed by atoms with Crippen LogP contribution in [-0.4, -0.2) is 48.1 Å². The Morgan fingerprint density at radius 1 is 1.41 bits per heavy atom. The van der Waals surface area contributed by atoms with Gasteiger partial charge in [-0.1, -0.05) is 6.08 Å². The summed E-state index contributed by atoms with van der Waals surface area (Å²) in [6, 6.07) is 1.44. The molecule has 1 aliphatic rings. The maximum absolute atomic E-state index is 3.74. The van der Waals surface area contributed by atoms with Crippen LogP contribution in [0.15, 0.2) is 12.7 Å². The summed E-state index contributed by atoms with van der Waals surface area (Å²) in [4.78, 5) is 2.61. The first kappa shape index (κ1) is 15.1. The molecule has 100 valence electrons. The van der Waals surface area contributed by atoms with E-state index in [-0.39, 0.29) is 0 Å². The van der Waals surface area contributed by atoms with Crippen LogP contribution in [0.3, 0.4) is 0 Å². The highest BCUT2D eigenvalue weighted by Crippen LogP contribution is 2.13. The van der Waals surface area contributed by atoms with E-state index in [1.807, 2.05) is 17.8 Å². The number of nitrogens with zero attached hydrogens (tertiary/aromatic N) is 1. The SMILES string of the molecule is C=CCSCCNC1CCCN(C(C)C)CC1. The fourth-order valence-electron chi connectivity index (χ4n) is 2.34. The van der Waals surface area contributed by atoms with Crippen molar-refractivity contribution in [1.82, 2.24) is 10.2 Å². The van der Waals surface area contributed by atoms with Crippen molar-refractivity contribution in [3.8, 4) is 0 Å². The lowest BCUT2D eigenvalue weighted by Gasteiger charge is -2.24. The second-order valence-corrected chi connectivity index (χ2v) is 6.23. The Bertz CT molecular complexity index is 206. The maximum Gasteiger partial charge on any atom is 0.0111 e. The van der Waals surface area contributed by atoms with Crippen molar-refractivity contribution < 1.29 is 0 Å². The van der Waals surface area contributed by atoms with E-state index in [2.05, 4.69) is 30.6 Å². The van der Waals surface area contributed by atoms with Crippen LogP contribution in [0, 0.1) is 0 Å². The molecule has 2 nitrogen and oxygen atoms in total. The highest BCUT2D eigenvalue weighted by Gasteiger charge is 2.17. The first-order valence-corrected chi connectivity index (χ1v) is 8.05. The minimum atomic E-state index is 0.705. The Morgan fingerprint density at radius 3 is 2.94 bits per heavy atom. The van der Waals surface area contributed by atoms with Gasteiger partial charge in [0.15, 0.2) is 0 Å². The van der Waals surface area contributed by atoms with E-state index in [9.17, 15) is 0 Å². The average molecular weight is 256 g/mol. The van der Waals surface area contributed by atoms with Gasteiger partial charge in [0.05, 0.1) is 0 Å². The molecule has 3 heteroatoms. The van der Waals surface area contributed by atoms with Gasteiger partial charge in [0, 0.05) is 30.1 Å². The Labute approximate surface area is 111 Å². The van der Waals surface area contributed by atoms with Crippen molar-refractivity contribution in [1.29, 1.82) is 0 Å². The van der Waals surface area contributed by atoms with Gasteiger partial charge in [0.25, 0.3) is 0 Å². The van der Waals surface area contributed by atoms with Crippen LogP contribution in [-0.2, 0) is 0 Å². The Hall–Kier alpha value is 0.01000. The van der Waals surface area contributed by atoms with Crippen molar-refractivity contribution >= 4 is 11.8 Å². The van der Waals surface area contributed by atoms with Gasteiger partial charge in [0.2, 0.25) is 0 Å². The summed E-state index contributed by atoms with van der Waals surface area (Å²) < 4.78 is 0. The summed E-state index contributed by atoms with van der Waals surface area (Å²) in [5.74, 6) is 2.28. The summed E-state index contributed by atoms with van der Waals surface area (Å²) in [7, 11) is 0. The number of thioether (sulfide) groups is 1. The third-order valence-corrected chi connectivity index (χ3v) is 4.37. The molecule has 1 rings (SSSR count). The smallest absolute Gasteiger partial charge is 0.0111 e. The highest BCUT2D eigenvalue weighted by molar-refractivity contribution is 7.99. The number of hydrogen-bond acceptors (Lipinski definition) is 3. The fraction of sp³-hybridized carbons (Fsp3) is 0.857. The molecule has 0 aromatic heterocycles. The van der Waals surface area contributed by atoms with Gasteiger partial charge in [-0.3, -0.25) is 0 Å². The summed E-state index contributed by atoms with van der Waals surface area (Å²) >= 11 is 1.96. The molecule has 0 aromatic rings. The van der Waals surface area contributed by atoms with Crippen LogP contribution in [0.4, 0.5) is 0 Å². The minimum Gasteiger partial charge on any atom is -0.313 e. The molecule has 1 N–H and O–H groups in total. The summed E-state index contributed by atoms with van der Waals surface area (Å²) in [6.45, 7) is 12.0. The van der Waals surface area contributed by atoms with Gasteiger partial charge in [-0.2, -0.15) is 11.8 Å². The summed E-state index contributed by atoms with van der Waals surface area (Å²) in [5.41, 5.74) is 0. The average Bonchev–Trinajstić information content (AvgIpc) is 2.54. The van der Waals surface area contributed by atoms with E-state index in [4.69, 9.17) is 0 Å². The first-order chi connectivity index (χ1) is 8.24. The van der Waals surface area contributed by atoms with Gasteiger partial charge in [-0.25, -0.2) is 0 Å². The molecule has 0 radical (unpaired) electrons. The van der Waals surface area contributed by atoms with E-state index < -0.39 is 0 Å². The van der Waals surface area contributed by atoms with Crippen LogP contribution in [0.25, 0.3) is 0 Å². The van der Waals surface area contributed by atoms with Crippen molar-refractivity contribution in [3.05, 3.63) is 12.7 Å². The first-order valence-electron chi connectivity index (χ1n) is 6.90. The number of likely N-dealkylation sites (tertiary alicyclic amines) is 1. The van der Waals surface area contributed by atoms with Gasteiger partial charge in [0.1, 0.15) is 0 Å². The molecule has 0 saturated carbocycles. The van der Waals surface area contributed by atoms with E-state index in [1.54, 1.807) is 0 Å². The third kappa shape index (κ3) is 6.49. The third-order valence-electron chi connectivity index (χ3n) is 3.41. The standard InChI is InChI=1S/C14H28N2S/c1-4-11-17-12-8-15-14-6-5-9-16(10-7-14)13(2)3/h4,13-15H,1,5-12H2,2-3H3. The number of hydrogen-bond donors (Lipinski definition) is 1. The Morgan fingerprint density at radius 2 is 2.24 bits per heavy atom. The van der Waals surface area contributed by atoms with Crippen LogP contribution in [0.1, 0.15) is 33.1 Å². The van der Waals surface area contributed by atoms with Crippen LogP contribution in [0.5, 0.6) is 0 Å². The number of nitrogens with one attached hydrogen (secondary N) is 1. The monoisotopic (exact) mass is 256 g/mol. The molecule has 0 spiro atoms. The van der Waals surface area contributed by atoms with Gasteiger partial charge >= 0.3 is 0 Å². The maximum atomic E-state index is 3.74. The van der Waals surface area contributed by atoms with Crippen LogP contribution >= 0.6 is 11.8 Å². The van der Waals surface area contributed by atoms with Crippen LogP contribution < -0.4 is 5.32 Å². The van der Waals surface area contributed by atoms with Crippen molar-refractivity contribution in [2.75, 3.05) is 31.1 Å². The zero-order chi connectivity index (χ0) is 12.5. The summed E-state index contributed by atoms with van der Waals surface area (Å²) in [5, 5.41) is 3.70. The molecule has 1 aliphatic heterocycles. The van der Waals surface area contributed by atoms with E-state index in [0.717, 1.165) is 18.3 Å².